The first-order valence-electron chi connectivity index (χ1n) is 7.30. The first-order chi connectivity index (χ1) is 9.19. The predicted molar refractivity (Wildman–Crippen MR) is 81.8 cm³/mol. The molecule has 0 aliphatic heterocycles. The van der Waals surface area contributed by atoms with E-state index in [1.54, 1.807) is 6.07 Å². The van der Waals surface area contributed by atoms with Crippen LogP contribution in [0.25, 0.3) is 0 Å². The van der Waals surface area contributed by atoms with Crippen LogP contribution in [-0.4, -0.2) is 13.1 Å². The van der Waals surface area contributed by atoms with Crippen molar-refractivity contribution in [1.29, 1.82) is 0 Å². The van der Waals surface area contributed by atoms with Crippen LogP contribution in [0.2, 0.25) is 0 Å². The van der Waals surface area contributed by atoms with Gasteiger partial charge in [0.2, 0.25) is 0 Å². The molecule has 1 fully saturated rings. The summed E-state index contributed by atoms with van der Waals surface area (Å²) in [7, 11) is 1.98. The topological polar surface area (TPSA) is 12.0 Å². The highest BCUT2D eigenvalue weighted by molar-refractivity contribution is 9.10. The molecule has 0 heterocycles. The molecule has 0 radical (unpaired) electrons. The van der Waals surface area contributed by atoms with Crippen LogP contribution in [-0.2, 0) is 6.42 Å². The summed E-state index contributed by atoms with van der Waals surface area (Å²) in [5.41, 5.74) is 0.814. The van der Waals surface area contributed by atoms with Crippen LogP contribution in [0, 0.1) is 11.7 Å². The van der Waals surface area contributed by atoms with E-state index in [2.05, 4.69) is 21.2 Å². The third-order valence-corrected chi connectivity index (χ3v) is 4.78. The van der Waals surface area contributed by atoms with Crippen LogP contribution in [0.15, 0.2) is 22.7 Å². The Hall–Kier alpha value is -0.410. The number of likely N-dealkylation sites (N-methyl/N-ethyl adjacent to an activating group) is 1. The van der Waals surface area contributed by atoms with Crippen LogP contribution in [0.3, 0.4) is 0 Å². The molecule has 1 nitrogen and oxygen atoms in total. The van der Waals surface area contributed by atoms with Gasteiger partial charge in [-0.25, -0.2) is 4.39 Å². The second-order valence-electron chi connectivity index (χ2n) is 5.65. The monoisotopic (exact) mass is 327 g/mol. The SMILES string of the molecule is CNC(CCC1CCCC1)Cc1ccc(Br)cc1F. The molecule has 1 N–H and O–H groups in total. The molecule has 2 rings (SSSR count). The Labute approximate surface area is 124 Å². The highest BCUT2D eigenvalue weighted by Crippen LogP contribution is 2.29. The van der Waals surface area contributed by atoms with E-state index in [4.69, 9.17) is 0 Å². The number of rotatable bonds is 6. The summed E-state index contributed by atoms with van der Waals surface area (Å²) >= 11 is 3.30. The first kappa shape index (κ1) is 15.0. The van der Waals surface area contributed by atoms with Crippen molar-refractivity contribution in [3.63, 3.8) is 0 Å². The summed E-state index contributed by atoms with van der Waals surface area (Å²) in [6, 6.07) is 5.75. The third kappa shape index (κ3) is 4.57. The molecule has 1 saturated carbocycles. The average Bonchev–Trinajstić information content (AvgIpc) is 2.90. The highest BCUT2D eigenvalue weighted by atomic mass is 79.9. The number of hydrogen-bond acceptors (Lipinski definition) is 1. The van der Waals surface area contributed by atoms with Crippen LogP contribution < -0.4 is 5.32 Å². The molecular formula is C16H23BrFN. The van der Waals surface area contributed by atoms with Gasteiger partial charge in [-0.1, -0.05) is 47.7 Å². The van der Waals surface area contributed by atoms with Crippen molar-refractivity contribution >= 4 is 15.9 Å². The number of halogens is 2. The summed E-state index contributed by atoms with van der Waals surface area (Å²) in [5, 5.41) is 3.34. The van der Waals surface area contributed by atoms with E-state index in [0.29, 0.717) is 6.04 Å². The van der Waals surface area contributed by atoms with Crippen LogP contribution >= 0.6 is 15.9 Å². The fraction of sp³-hybridized carbons (Fsp3) is 0.625. The summed E-state index contributed by atoms with van der Waals surface area (Å²) < 4.78 is 14.6. The van der Waals surface area contributed by atoms with Gasteiger partial charge in [0, 0.05) is 10.5 Å². The van der Waals surface area contributed by atoms with E-state index >= 15 is 0 Å². The van der Waals surface area contributed by atoms with Crippen molar-refractivity contribution in [2.45, 2.75) is 51.0 Å². The maximum Gasteiger partial charge on any atom is 0.127 e. The molecule has 3 heteroatoms. The van der Waals surface area contributed by atoms with Crippen LogP contribution in [0.1, 0.15) is 44.1 Å². The second kappa shape index (κ2) is 7.39. The molecule has 1 aliphatic carbocycles. The lowest BCUT2D eigenvalue weighted by Gasteiger charge is -2.19. The van der Waals surface area contributed by atoms with Gasteiger partial charge < -0.3 is 5.32 Å². The Morgan fingerprint density at radius 3 is 2.74 bits per heavy atom. The molecule has 1 aliphatic rings. The van der Waals surface area contributed by atoms with Crippen molar-refractivity contribution in [3.05, 3.63) is 34.1 Å². The molecule has 0 aromatic heterocycles. The van der Waals surface area contributed by atoms with Gasteiger partial charge >= 0.3 is 0 Å². The molecule has 0 amide bonds. The van der Waals surface area contributed by atoms with E-state index in [-0.39, 0.29) is 5.82 Å². The smallest absolute Gasteiger partial charge is 0.127 e. The number of nitrogens with one attached hydrogen (secondary N) is 1. The van der Waals surface area contributed by atoms with E-state index in [1.165, 1.54) is 32.1 Å². The van der Waals surface area contributed by atoms with E-state index < -0.39 is 0 Å². The second-order valence-corrected chi connectivity index (χ2v) is 6.57. The zero-order valence-electron chi connectivity index (χ0n) is 11.6. The summed E-state index contributed by atoms with van der Waals surface area (Å²) in [4.78, 5) is 0. The third-order valence-electron chi connectivity index (χ3n) is 4.29. The number of hydrogen-bond donors (Lipinski definition) is 1. The quantitative estimate of drug-likeness (QED) is 0.799. The van der Waals surface area contributed by atoms with Gasteiger partial charge in [0.15, 0.2) is 0 Å². The van der Waals surface area contributed by atoms with Crippen molar-refractivity contribution < 1.29 is 4.39 Å². The van der Waals surface area contributed by atoms with Gasteiger partial charge in [-0.2, -0.15) is 0 Å². The maximum atomic E-state index is 13.8. The molecule has 0 saturated heterocycles. The lowest BCUT2D eigenvalue weighted by molar-refractivity contribution is 0.415. The first-order valence-corrected chi connectivity index (χ1v) is 8.09. The Bertz CT molecular complexity index is 402. The van der Waals surface area contributed by atoms with Gasteiger partial charge in [-0.05, 0) is 49.9 Å². The minimum Gasteiger partial charge on any atom is -0.317 e. The van der Waals surface area contributed by atoms with Gasteiger partial charge in [0.1, 0.15) is 5.82 Å². The zero-order valence-corrected chi connectivity index (χ0v) is 13.2. The van der Waals surface area contributed by atoms with Crippen LogP contribution in [0.4, 0.5) is 4.39 Å². The molecule has 0 bridgehead atoms. The lowest BCUT2D eigenvalue weighted by Crippen LogP contribution is -2.28. The Morgan fingerprint density at radius 2 is 2.11 bits per heavy atom. The van der Waals surface area contributed by atoms with Crippen molar-refractivity contribution in [2.75, 3.05) is 7.05 Å². The summed E-state index contributed by atoms with van der Waals surface area (Å²) in [5.74, 6) is 0.807. The van der Waals surface area contributed by atoms with Crippen molar-refractivity contribution in [2.24, 2.45) is 5.92 Å². The fourth-order valence-corrected chi connectivity index (χ4v) is 3.37. The average molecular weight is 328 g/mol. The van der Waals surface area contributed by atoms with Crippen molar-refractivity contribution in [3.8, 4) is 0 Å². The fourth-order valence-electron chi connectivity index (χ4n) is 3.04. The van der Waals surface area contributed by atoms with E-state index in [9.17, 15) is 4.39 Å². The molecule has 19 heavy (non-hydrogen) atoms. The largest absolute Gasteiger partial charge is 0.317 e. The Morgan fingerprint density at radius 1 is 1.37 bits per heavy atom. The standard InChI is InChI=1S/C16H23BrFN/c1-19-15(9-6-12-4-2-3-5-12)10-13-7-8-14(17)11-16(13)18/h7-8,11-12,15,19H,2-6,9-10H2,1H3. The van der Waals surface area contributed by atoms with Gasteiger partial charge in [0.05, 0.1) is 0 Å². The van der Waals surface area contributed by atoms with E-state index in [1.807, 2.05) is 19.2 Å². The molecule has 1 aromatic carbocycles. The molecule has 1 aromatic rings. The molecule has 1 unspecified atom stereocenters. The van der Waals surface area contributed by atoms with Gasteiger partial charge in [0.25, 0.3) is 0 Å². The molecular weight excluding hydrogens is 305 g/mol. The Balaban J connectivity index is 1.86. The van der Waals surface area contributed by atoms with Crippen molar-refractivity contribution in [1.82, 2.24) is 5.32 Å². The molecule has 1 atom stereocenters. The number of benzene rings is 1. The molecule has 0 spiro atoms. The minimum atomic E-state index is -0.101. The highest BCUT2D eigenvalue weighted by Gasteiger charge is 2.17. The molecule has 106 valence electrons. The predicted octanol–water partition coefficient (Wildman–Crippen LogP) is 4.69. The minimum absolute atomic E-state index is 0.101. The lowest BCUT2D eigenvalue weighted by atomic mass is 9.95. The van der Waals surface area contributed by atoms with Crippen LogP contribution in [0.5, 0.6) is 0 Å². The maximum absolute atomic E-state index is 13.8. The summed E-state index contributed by atoms with van der Waals surface area (Å²) in [6.07, 6.45) is 8.79. The van der Waals surface area contributed by atoms with Gasteiger partial charge in [-0.15, -0.1) is 0 Å². The zero-order chi connectivity index (χ0) is 13.7. The van der Waals surface area contributed by atoms with Gasteiger partial charge in [-0.3, -0.25) is 0 Å². The Kier molecular flexibility index (Phi) is 5.83. The normalized spacial score (nSPS) is 17.8. The van der Waals surface area contributed by atoms with E-state index in [0.717, 1.165) is 28.8 Å². The summed E-state index contributed by atoms with van der Waals surface area (Å²) in [6.45, 7) is 0.